The van der Waals surface area contributed by atoms with Crippen LogP contribution in [0.3, 0.4) is 0 Å². The van der Waals surface area contributed by atoms with Crippen LogP contribution in [-0.4, -0.2) is 37.6 Å². The zero-order chi connectivity index (χ0) is 26.3. The molecule has 0 bridgehead atoms. The van der Waals surface area contributed by atoms with Crippen LogP contribution in [0.5, 0.6) is 0 Å². The Morgan fingerprint density at radius 2 is 1.92 bits per heavy atom. The molecule has 0 unspecified atom stereocenters. The maximum Gasteiger partial charge on any atom is 0.421 e. The highest BCUT2D eigenvalue weighted by atomic mass is 32.2. The fourth-order valence-corrected chi connectivity index (χ4v) is 4.21. The van der Waals surface area contributed by atoms with Crippen molar-refractivity contribution in [2.75, 3.05) is 33.6 Å². The van der Waals surface area contributed by atoms with E-state index in [2.05, 4.69) is 25.9 Å². The van der Waals surface area contributed by atoms with Crippen LogP contribution in [0.2, 0.25) is 0 Å². The van der Waals surface area contributed by atoms with Gasteiger partial charge in [0, 0.05) is 31.2 Å². The highest BCUT2D eigenvalue weighted by Gasteiger charge is 2.35. The van der Waals surface area contributed by atoms with Gasteiger partial charge >= 0.3 is 6.18 Å². The van der Waals surface area contributed by atoms with Crippen molar-refractivity contribution in [3.63, 3.8) is 0 Å². The van der Waals surface area contributed by atoms with Gasteiger partial charge in [-0.25, -0.2) is 13.4 Å². The van der Waals surface area contributed by atoms with Gasteiger partial charge in [-0.2, -0.15) is 18.2 Å². The molecule has 2 aromatic carbocycles. The van der Waals surface area contributed by atoms with Crippen LogP contribution in [0.4, 0.5) is 42.0 Å². The molecular weight excluding hydrogens is 497 g/mol. The molecule has 3 N–H and O–H groups in total. The number of sulfonamides is 1. The Labute approximate surface area is 205 Å². The third-order valence-electron chi connectivity index (χ3n) is 5.61. The lowest BCUT2D eigenvalue weighted by atomic mass is 10.1. The lowest BCUT2D eigenvalue weighted by Crippen LogP contribution is -2.26. The average Bonchev–Trinajstić information content (AvgIpc) is 3.15. The number of hydrogen-bond donors (Lipinski definition) is 3. The summed E-state index contributed by atoms with van der Waals surface area (Å²) in [6.07, 6.45) is -2.75. The Hall–Kier alpha value is -3.87. The first-order chi connectivity index (χ1) is 16.8. The highest BCUT2D eigenvalue weighted by Crippen LogP contribution is 2.35. The molecule has 0 radical (unpaired) electrons. The van der Waals surface area contributed by atoms with E-state index in [4.69, 9.17) is 0 Å². The maximum atomic E-state index is 13.7. The van der Waals surface area contributed by atoms with Crippen molar-refractivity contribution >= 4 is 44.8 Å². The summed E-state index contributed by atoms with van der Waals surface area (Å²) in [5.41, 5.74) is 2.43. The lowest BCUT2D eigenvalue weighted by Gasteiger charge is -2.22. The minimum Gasteiger partial charge on any atom is -0.365 e. The van der Waals surface area contributed by atoms with Gasteiger partial charge in [-0.05, 0) is 41.8 Å². The molecule has 0 saturated heterocycles. The molecule has 36 heavy (non-hydrogen) atoms. The largest absolute Gasteiger partial charge is 0.421 e. The lowest BCUT2D eigenvalue weighted by molar-refractivity contribution is -0.137. The summed E-state index contributed by atoms with van der Waals surface area (Å²) in [5, 5.41) is 8.24. The summed E-state index contributed by atoms with van der Waals surface area (Å²) in [4.78, 5) is 19.4. The number of carbonyl (C=O) groups excluding carboxylic acids is 1. The number of nitrogens with zero attached hydrogens (tertiary/aromatic N) is 3. The molecular formula is C23H23F3N6O3S. The van der Waals surface area contributed by atoms with Crippen LogP contribution in [0, 0.1) is 6.92 Å². The molecule has 1 aliphatic heterocycles. The minimum atomic E-state index is -4.72. The van der Waals surface area contributed by atoms with Crippen molar-refractivity contribution in [2.24, 2.45) is 0 Å². The van der Waals surface area contributed by atoms with E-state index < -0.39 is 27.6 Å². The summed E-state index contributed by atoms with van der Waals surface area (Å²) < 4.78 is 66.2. The number of alkyl halides is 3. The standard InChI is InChI=1S/C23H23F3N6O3S/c1-13-4-5-15(19(8-13)32(2)36(3,34)35)11-27-21-17(23(24,25)26)12-28-22(31-21)29-16-7-6-14-9-20(33)30-18(14)10-16/h4-8,10,12H,9,11H2,1-3H3,(H,30,33)(H2,27,28,29,31). The number of anilines is 5. The van der Waals surface area contributed by atoms with Gasteiger partial charge in [0.1, 0.15) is 11.4 Å². The van der Waals surface area contributed by atoms with Gasteiger partial charge in [0.15, 0.2) is 0 Å². The third kappa shape index (κ3) is 5.51. The van der Waals surface area contributed by atoms with E-state index in [1.807, 2.05) is 0 Å². The quantitative estimate of drug-likeness (QED) is 0.430. The van der Waals surface area contributed by atoms with E-state index >= 15 is 0 Å². The van der Waals surface area contributed by atoms with E-state index in [0.717, 1.165) is 21.7 Å². The van der Waals surface area contributed by atoms with Gasteiger partial charge in [0.05, 0.1) is 18.4 Å². The Morgan fingerprint density at radius 3 is 2.61 bits per heavy atom. The van der Waals surface area contributed by atoms with Crippen molar-refractivity contribution in [1.82, 2.24) is 9.97 Å². The summed E-state index contributed by atoms with van der Waals surface area (Å²) in [7, 11) is -2.22. The second kappa shape index (κ2) is 9.30. The van der Waals surface area contributed by atoms with Gasteiger partial charge in [-0.1, -0.05) is 18.2 Å². The molecule has 0 atom stereocenters. The second-order valence-corrected chi connectivity index (χ2v) is 10.4. The minimum absolute atomic E-state index is 0.0906. The predicted molar refractivity (Wildman–Crippen MR) is 131 cm³/mol. The molecule has 0 spiro atoms. The first-order valence-electron chi connectivity index (χ1n) is 10.7. The number of benzene rings is 2. The molecule has 9 nitrogen and oxygen atoms in total. The van der Waals surface area contributed by atoms with Crippen LogP contribution >= 0.6 is 0 Å². The molecule has 2 heterocycles. The van der Waals surface area contributed by atoms with Gasteiger partial charge in [0.25, 0.3) is 0 Å². The van der Waals surface area contributed by atoms with Gasteiger partial charge in [-0.3, -0.25) is 9.10 Å². The Morgan fingerprint density at radius 1 is 1.17 bits per heavy atom. The van der Waals surface area contributed by atoms with Crippen molar-refractivity contribution in [3.8, 4) is 0 Å². The molecule has 0 aliphatic carbocycles. The van der Waals surface area contributed by atoms with Crippen molar-refractivity contribution < 1.29 is 26.4 Å². The maximum absolute atomic E-state index is 13.7. The van der Waals surface area contributed by atoms with E-state index in [1.165, 1.54) is 7.05 Å². The fraction of sp³-hybridized carbons (Fsp3) is 0.261. The monoisotopic (exact) mass is 520 g/mol. The Bertz CT molecular complexity index is 1440. The average molecular weight is 521 g/mol. The second-order valence-electron chi connectivity index (χ2n) is 8.39. The SMILES string of the molecule is Cc1ccc(CNc2nc(Nc3ccc4c(c3)NC(=O)C4)ncc2C(F)(F)F)c(N(C)S(C)(=O)=O)c1. The predicted octanol–water partition coefficient (Wildman–Crippen LogP) is 4.05. The zero-order valence-electron chi connectivity index (χ0n) is 19.6. The third-order valence-corrected chi connectivity index (χ3v) is 6.80. The van der Waals surface area contributed by atoms with Gasteiger partial charge < -0.3 is 16.0 Å². The molecule has 3 aromatic rings. The van der Waals surface area contributed by atoms with Gasteiger partial charge in [0.2, 0.25) is 21.9 Å². The molecule has 1 aromatic heterocycles. The van der Waals surface area contributed by atoms with E-state index in [1.54, 1.807) is 43.3 Å². The van der Waals surface area contributed by atoms with Gasteiger partial charge in [-0.15, -0.1) is 0 Å². The van der Waals surface area contributed by atoms with Crippen LogP contribution in [0.25, 0.3) is 0 Å². The Balaban J connectivity index is 1.63. The normalized spacial score (nSPS) is 13.2. The molecule has 13 heteroatoms. The number of halogens is 3. The number of carbonyl (C=O) groups is 1. The van der Waals surface area contributed by atoms with Crippen LogP contribution < -0.4 is 20.3 Å². The van der Waals surface area contributed by atoms with E-state index in [9.17, 15) is 26.4 Å². The van der Waals surface area contributed by atoms with E-state index in [0.29, 0.717) is 28.8 Å². The molecule has 0 saturated carbocycles. The van der Waals surface area contributed by atoms with Crippen LogP contribution in [0.1, 0.15) is 22.3 Å². The van der Waals surface area contributed by atoms with Crippen LogP contribution in [-0.2, 0) is 34.0 Å². The molecule has 1 aliphatic rings. The molecule has 0 fully saturated rings. The summed E-state index contributed by atoms with van der Waals surface area (Å²) in [6, 6.07) is 10.1. The number of fused-ring (bicyclic) bond motifs is 1. The number of aromatic nitrogens is 2. The number of hydrogen-bond acceptors (Lipinski definition) is 7. The number of aryl methyl sites for hydroxylation is 1. The van der Waals surface area contributed by atoms with Crippen molar-refractivity contribution in [1.29, 1.82) is 0 Å². The molecule has 190 valence electrons. The zero-order valence-corrected chi connectivity index (χ0v) is 20.4. The smallest absolute Gasteiger partial charge is 0.365 e. The number of rotatable bonds is 7. The number of amides is 1. The van der Waals surface area contributed by atoms with E-state index in [-0.39, 0.29) is 24.8 Å². The van der Waals surface area contributed by atoms with Crippen LogP contribution in [0.15, 0.2) is 42.6 Å². The summed E-state index contributed by atoms with van der Waals surface area (Å²) in [6.45, 7) is 1.66. The topological polar surface area (TPSA) is 116 Å². The summed E-state index contributed by atoms with van der Waals surface area (Å²) >= 11 is 0. The van der Waals surface area contributed by atoms with Crippen molar-refractivity contribution in [3.05, 3.63) is 64.8 Å². The molecule has 1 amide bonds. The fourth-order valence-electron chi connectivity index (χ4n) is 3.68. The van der Waals surface area contributed by atoms with Crippen molar-refractivity contribution in [2.45, 2.75) is 26.1 Å². The Kier molecular flexibility index (Phi) is 6.52. The molecule has 4 rings (SSSR count). The highest BCUT2D eigenvalue weighted by molar-refractivity contribution is 7.92. The first kappa shape index (κ1) is 25.2. The first-order valence-corrected chi connectivity index (χ1v) is 12.6. The number of nitrogens with one attached hydrogen (secondary N) is 3. The summed E-state index contributed by atoms with van der Waals surface area (Å²) in [5.74, 6) is -0.702.